The minimum atomic E-state index is -0.259. The first kappa shape index (κ1) is 18.7. The monoisotopic (exact) mass is 340 g/mol. The van der Waals surface area contributed by atoms with E-state index in [0.717, 1.165) is 16.7 Å². The van der Waals surface area contributed by atoms with Gasteiger partial charge in [-0.25, -0.2) is 0 Å². The highest BCUT2D eigenvalue weighted by molar-refractivity contribution is 5.94. The first-order valence-electron chi connectivity index (χ1n) is 8.39. The summed E-state index contributed by atoms with van der Waals surface area (Å²) < 4.78 is 11.1. The van der Waals surface area contributed by atoms with Gasteiger partial charge in [-0.05, 0) is 69.5 Å². The van der Waals surface area contributed by atoms with Crippen molar-refractivity contribution in [2.45, 2.75) is 40.5 Å². The zero-order valence-electron chi connectivity index (χ0n) is 15.2. The predicted octanol–water partition coefficient (Wildman–Crippen LogP) is 4.58. The Labute approximate surface area is 148 Å². The van der Waals surface area contributed by atoms with E-state index in [-0.39, 0.29) is 18.2 Å². The molecule has 0 saturated carbocycles. The molecule has 0 radical (unpaired) electrons. The number of carbonyl (C=O) groups is 2. The van der Waals surface area contributed by atoms with Crippen LogP contribution in [0.15, 0.2) is 36.4 Å². The van der Waals surface area contributed by atoms with E-state index in [9.17, 15) is 9.59 Å². The van der Waals surface area contributed by atoms with Crippen molar-refractivity contribution in [2.75, 3.05) is 6.61 Å². The standard InChI is InChI=1S/C21H24O4/c1-14-12-15(2)21(16(3)13-14)25-20(23)6-5-11-24-19-9-7-18(8-10-19)17(4)22/h7-10,12-13H,5-6,11H2,1-4H3. The summed E-state index contributed by atoms with van der Waals surface area (Å²) >= 11 is 0. The van der Waals surface area contributed by atoms with Crippen molar-refractivity contribution >= 4 is 11.8 Å². The van der Waals surface area contributed by atoms with E-state index >= 15 is 0 Å². The van der Waals surface area contributed by atoms with Crippen LogP contribution in [-0.4, -0.2) is 18.4 Å². The van der Waals surface area contributed by atoms with Gasteiger partial charge in [-0.15, -0.1) is 0 Å². The molecule has 2 aromatic rings. The molecule has 0 atom stereocenters. The van der Waals surface area contributed by atoms with Gasteiger partial charge in [0.25, 0.3) is 0 Å². The van der Waals surface area contributed by atoms with Crippen molar-refractivity contribution < 1.29 is 19.1 Å². The maximum Gasteiger partial charge on any atom is 0.311 e. The molecular weight excluding hydrogens is 316 g/mol. The summed E-state index contributed by atoms with van der Waals surface area (Å²) in [7, 11) is 0. The summed E-state index contributed by atoms with van der Waals surface area (Å²) in [6, 6.07) is 11.0. The van der Waals surface area contributed by atoms with Gasteiger partial charge in [0.1, 0.15) is 11.5 Å². The van der Waals surface area contributed by atoms with Gasteiger partial charge in [0.15, 0.2) is 5.78 Å². The molecule has 0 aliphatic carbocycles. The molecule has 4 heteroatoms. The van der Waals surface area contributed by atoms with Crippen LogP contribution in [0.1, 0.15) is 46.8 Å². The second-order valence-electron chi connectivity index (χ2n) is 6.23. The number of hydrogen-bond acceptors (Lipinski definition) is 4. The second-order valence-corrected chi connectivity index (χ2v) is 6.23. The van der Waals surface area contributed by atoms with Crippen molar-refractivity contribution in [1.82, 2.24) is 0 Å². The van der Waals surface area contributed by atoms with Crippen LogP contribution in [0.5, 0.6) is 11.5 Å². The first-order valence-corrected chi connectivity index (χ1v) is 8.39. The van der Waals surface area contributed by atoms with Crippen LogP contribution >= 0.6 is 0 Å². The summed E-state index contributed by atoms with van der Waals surface area (Å²) in [6.07, 6.45) is 0.857. The van der Waals surface area contributed by atoms with Crippen LogP contribution in [0, 0.1) is 20.8 Å². The minimum absolute atomic E-state index is 0.0241. The Hall–Kier alpha value is -2.62. The highest BCUT2D eigenvalue weighted by Crippen LogP contribution is 2.25. The van der Waals surface area contributed by atoms with E-state index in [2.05, 4.69) is 0 Å². The van der Waals surface area contributed by atoms with Crippen molar-refractivity contribution in [3.8, 4) is 11.5 Å². The predicted molar refractivity (Wildman–Crippen MR) is 97.5 cm³/mol. The normalized spacial score (nSPS) is 10.4. The summed E-state index contributed by atoms with van der Waals surface area (Å²) in [6.45, 7) is 7.85. The quantitative estimate of drug-likeness (QED) is 0.320. The Morgan fingerprint density at radius 1 is 0.960 bits per heavy atom. The molecular formula is C21H24O4. The Kier molecular flexibility index (Phi) is 6.34. The van der Waals surface area contributed by atoms with Gasteiger partial charge >= 0.3 is 5.97 Å². The molecule has 4 nitrogen and oxygen atoms in total. The summed E-state index contributed by atoms with van der Waals surface area (Å²) in [5.41, 5.74) is 3.74. The van der Waals surface area contributed by atoms with E-state index in [1.807, 2.05) is 32.9 Å². The Morgan fingerprint density at radius 2 is 1.56 bits per heavy atom. The number of ether oxygens (including phenoxy) is 2. The molecule has 0 heterocycles. The largest absolute Gasteiger partial charge is 0.494 e. The molecule has 132 valence electrons. The average molecular weight is 340 g/mol. The van der Waals surface area contributed by atoms with Gasteiger partial charge in [-0.3, -0.25) is 9.59 Å². The summed E-state index contributed by atoms with van der Waals surface area (Å²) in [5.74, 6) is 1.10. The number of Topliss-reactive ketones (excluding diaryl/α,β-unsaturated/α-hetero) is 1. The molecule has 0 spiro atoms. The molecule has 0 N–H and O–H groups in total. The number of ketones is 1. The average Bonchev–Trinajstić information content (AvgIpc) is 2.55. The molecule has 0 aliphatic rings. The van der Waals surface area contributed by atoms with Crippen molar-refractivity contribution in [2.24, 2.45) is 0 Å². The van der Waals surface area contributed by atoms with Crippen molar-refractivity contribution in [3.05, 3.63) is 58.7 Å². The Bertz CT molecular complexity index is 737. The Balaban J connectivity index is 1.78. The maximum absolute atomic E-state index is 12.0. The van der Waals surface area contributed by atoms with Gasteiger partial charge in [-0.1, -0.05) is 17.7 Å². The lowest BCUT2D eigenvalue weighted by Gasteiger charge is -2.12. The highest BCUT2D eigenvalue weighted by Gasteiger charge is 2.10. The van der Waals surface area contributed by atoms with Crippen LogP contribution in [0.2, 0.25) is 0 Å². The number of carbonyl (C=O) groups excluding carboxylic acids is 2. The number of hydrogen-bond donors (Lipinski definition) is 0. The third kappa shape index (κ3) is 5.45. The van der Waals surface area contributed by atoms with E-state index in [0.29, 0.717) is 30.1 Å². The molecule has 0 aromatic heterocycles. The molecule has 25 heavy (non-hydrogen) atoms. The first-order chi connectivity index (χ1) is 11.9. The van der Waals surface area contributed by atoms with Gasteiger partial charge in [0.05, 0.1) is 6.61 Å². The molecule has 2 rings (SSSR count). The van der Waals surface area contributed by atoms with Gasteiger partial charge in [0.2, 0.25) is 0 Å². The fourth-order valence-electron chi connectivity index (χ4n) is 2.69. The maximum atomic E-state index is 12.0. The molecule has 0 bridgehead atoms. The smallest absolute Gasteiger partial charge is 0.311 e. The number of benzene rings is 2. The highest BCUT2D eigenvalue weighted by atomic mass is 16.5. The minimum Gasteiger partial charge on any atom is -0.494 e. The fourth-order valence-corrected chi connectivity index (χ4v) is 2.69. The van der Waals surface area contributed by atoms with Crippen LogP contribution < -0.4 is 9.47 Å². The third-order valence-corrected chi connectivity index (χ3v) is 3.88. The van der Waals surface area contributed by atoms with Crippen LogP contribution in [0.3, 0.4) is 0 Å². The fraction of sp³-hybridized carbons (Fsp3) is 0.333. The summed E-state index contributed by atoms with van der Waals surface area (Å²) in [5, 5.41) is 0. The topological polar surface area (TPSA) is 52.6 Å². The molecule has 0 saturated heterocycles. The molecule has 0 fully saturated rings. The van der Waals surface area contributed by atoms with Crippen LogP contribution in [-0.2, 0) is 4.79 Å². The second kappa shape index (κ2) is 8.47. The number of aryl methyl sites for hydroxylation is 3. The Morgan fingerprint density at radius 3 is 2.12 bits per heavy atom. The molecule has 2 aromatic carbocycles. The lowest BCUT2D eigenvalue weighted by Crippen LogP contribution is -2.11. The lowest BCUT2D eigenvalue weighted by molar-refractivity contribution is -0.134. The summed E-state index contributed by atoms with van der Waals surface area (Å²) in [4.78, 5) is 23.2. The number of rotatable bonds is 7. The van der Waals surface area contributed by atoms with E-state index in [1.165, 1.54) is 6.92 Å². The van der Waals surface area contributed by atoms with Crippen LogP contribution in [0.4, 0.5) is 0 Å². The van der Waals surface area contributed by atoms with Gasteiger partial charge in [0, 0.05) is 12.0 Å². The third-order valence-electron chi connectivity index (χ3n) is 3.88. The van der Waals surface area contributed by atoms with E-state index < -0.39 is 0 Å². The van der Waals surface area contributed by atoms with E-state index in [1.54, 1.807) is 24.3 Å². The molecule has 0 unspecified atom stereocenters. The zero-order valence-corrected chi connectivity index (χ0v) is 15.2. The number of esters is 1. The zero-order chi connectivity index (χ0) is 18.4. The lowest BCUT2D eigenvalue weighted by atomic mass is 10.1. The van der Waals surface area contributed by atoms with Crippen LogP contribution in [0.25, 0.3) is 0 Å². The van der Waals surface area contributed by atoms with Crippen molar-refractivity contribution in [3.63, 3.8) is 0 Å². The van der Waals surface area contributed by atoms with Gasteiger partial charge in [-0.2, -0.15) is 0 Å². The van der Waals surface area contributed by atoms with Gasteiger partial charge < -0.3 is 9.47 Å². The van der Waals surface area contributed by atoms with Crippen molar-refractivity contribution in [1.29, 1.82) is 0 Å². The van der Waals surface area contributed by atoms with E-state index in [4.69, 9.17) is 9.47 Å². The SMILES string of the molecule is CC(=O)c1ccc(OCCCC(=O)Oc2c(C)cc(C)cc2C)cc1. The molecule has 0 amide bonds. The molecule has 0 aliphatic heterocycles.